The fraction of sp³-hybridized carbons (Fsp3) is 0.352. The van der Waals surface area contributed by atoms with E-state index in [2.05, 4.69) is 87.4 Å². The van der Waals surface area contributed by atoms with E-state index < -0.39 is 59.4 Å². The molecule has 2 atom stereocenters. The molecule has 0 bridgehead atoms. The van der Waals surface area contributed by atoms with Crippen LogP contribution in [0.2, 0.25) is 0 Å². The number of nitrogens with zero attached hydrogens (tertiary/aromatic N) is 10. The Balaban J connectivity index is 0.000000162. The number of amides is 9. The number of nitrogens with one attached hydrogen (secondary N) is 3. The lowest BCUT2D eigenvalue weighted by Gasteiger charge is -2.39. The Hall–Kier alpha value is -14.1. The van der Waals surface area contributed by atoms with E-state index in [9.17, 15) is 47.9 Å². The lowest BCUT2D eigenvalue weighted by molar-refractivity contribution is -0.137. The largest absolute Gasteiger partial charge is 0.481 e. The van der Waals surface area contributed by atoms with Crippen LogP contribution in [0.1, 0.15) is 249 Å². The molecule has 28 nitrogen and oxygen atoms in total. The molecule has 2 aliphatic carbocycles. The van der Waals surface area contributed by atoms with Crippen LogP contribution < -0.4 is 38.9 Å². The van der Waals surface area contributed by atoms with Gasteiger partial charge in [0.1, 0.15) is 34.8 Å². The molecule has 684 valence electrons. The first-order valence-electron chi connectivity index (χ1n) is 46.8. The van der Waals surface area contributed by atoms with Gasteiger partial charge in [0.2, 0.25) is 29.5 Å². The van der Waals surface area contributed by atoms with Crippen LogP contribution in [0.4, 0.5) is 11.6 Å². The van der Waals surface area contributed by atoms with Crippen LogP contribution in [0.5, 0.6) is 0 Å². The zero-order valence-electron chi connectivity index (χ0n) is 75.1. The number of aromatic nitrogens is 8. The number of benzene rings is 6. The maximum Gasteiger partial charge on any atom is 0.303 e. The maximum absolute atomic E-state index is 13.4. The minimum atomic E-state index is -0.966. The molecule has 2 unspecified atom stereocenters. The number of carboxylic acid groups (broad SMARTS) is 1. The number of imidazole rings is 2. The molecule has 4 fully saturated rings. The van der Waals surface area contributed by atoms with E-state index in [1.165, 1.54) is 44.1 Å². The molecule has 12 N–H and O–H groups in total. The van der Waals surface area contributed by atoms with Crippen molar-refractivity contribution < 1.29 is 53.1 Å². The van der Waals surface area contributed by atoms with Gasteiger partial charge in [0.05, 0.1) is 44.8 Å². The highest BCUT2D eigenvalue weighted by atomic mass is 16.4. The molecule has 2 saturated carbocycles. The summed E-state index contributed by atoms with van der Waals surface area (Å²) in [6, 6.07) is 57.3. The smallest absolute Gasteiger partial charge is 0.303 e. The van der Waals surface area contributed by atoms with Gasteiger partial charge in [-0.15, -0.1) is 0 Å². The van der Waals surface area contributed by atoms with Crippen LogP contribution in [-0.2, 0) is 65.4 Å². The maximum atomic E-state index is 13.4. The number of nitrogens with two attached hydrogens (primary N) is 4. The number of pyridine rings is 4. The number of rotatable bonds is 35. The van der Waals surface area contributed by atoms with Crippen molar-refractivity contribution in [1.29, 1.82) is 0 Å². The molecule has 18 rings (SSSR count). The summed E-state index contributed by atoms with van der Waals surface area (Å²) in [5, 5.41) is 16.6. The number of carbonyl (C=O) groups is 10. The number of carboxylic acids is 1. The Morgan fingerprint density at radius 1 is 0.459 bits per heavy atom. The summed E-state index contributed by atoms with van der Waals surface area (Å²) >= 11 is 0. The highest BCUT2D eigenvalue weighted by Crippen LogP contribution is 2.45. The second-order valence-corrected chi connectivity index (χ2v) is 36.0. The third kappa shape index (κ3) is 20.6. The van der Waals surface area contributed by atoms with E-state index in [0.717, 1.165) is 202 Å². The van der Waals surface area contributed by atoms with Gasteiger partial charge < -0.3 is 33.4 Å². The van der Waals surface area contributed by atoms with Gasteiger partial charge in [-0.05, 0) is 239 Å². The highest BCUT2D eigenvalue weighted by molar-refractivity contribution is 6.25. The van der Waals surface area contributed by atoms with E-state index in [1.54, 1.807) is 36.7 Å². The molecule has 10 heterocycles. The molecule has 6 aliphatic rings. The van der Waals surface area contributed by atoms with Crippen LogP contribution >= 0.6 is 0 Å². The molecular weight excluding hydrogens is 1680 g/mol. The van der Waals surface area contributed by atoms with Gasteiger partial charge >= 0.3 is 5.97 Å². The van der Waals surface area contributed by atoms with Crippen LogP contribution in [0.25, 0.3) is 79.0 Å². The quantitative estimate of drug-likeness (QED) is 0.0135. The van der Waals surface area contributed by atoms with Crippen molar-refractivity contribution >= 4 is 93.1 Å². The third-order valence-corrected chi connectivity index (χ3v) is 26.8. The molecule has 0 radical (unpaired) electrons. The first-order valence-corrected chi connectivity index (χ1v) is 46.8. The van der Waals surface area contributed by atoms with E-state index in [-0.39, 0.29) is 54.9 Å². The van der Waals surface area contributed by atoms with Gasteiger partial charge in [-0.25, -0.2) is 29.9 Å². The number of fused-ring (bicyclic) bond motifs is 4. The number of nitrogen functional groups attached to an aromatic ring is 2. The summed E-state index contributed by atoms with van der Waals surface area (Å²) in [7, 11) is 0. The molecule has 28 heteroatoms. The number of aryl methyl sites for hydroxylation is 4. The lowest BCUT2D eigenvalue weighted by Crippen LogP contribution is -2.54. The predicted octanol–water partition coefficient (Wildman–Crippen LogP) is 16.0. The van der Waals surface area contributed by atoms with Crippen molar-refractivity contribution in [3.63, 3.8) is 0 Å². The van der Waals surface area contributed by atoms with E-state index in [0.29, 0.717) is 83.4 Å². The first-order chi connectivity index (χ1) is 64.5. The molecule has 133 heavy (non-hydrogen) atoms. The summed E-state index contributed by atoms with van der Waals surface area (Å²) in [6.45, 7) is 3.72. The van der Waals surface area contributed by atoms with Crippen LogP contribution in [0.3, 0.4) is 0 Å². The average molecular weight is 1790 g/mol. The minimum absolute atomic E-state index is 0.0303. The normalized spacial score (nSPS) is 16.5. The summed E-state index contributed by atoms with van der Waals surface area (Å²) in [6.07, 6.45) is 28.4. The molecule has 12 aromatic rings. The van der Waals surface area contributed by atoms with Crippen molar-refractivity contribution in [1.82, 2.24) is 64.8 Å². The topological polar surface area (TPSA) is 425 Å². The van der Waals surface area contributed by atoms with Crippen LogP contribution in [0, 0.1) is 0 Å². The number of unbranched alkanes of at least 4 members (excludes halogenated alkanes) is 12. The molecule has 4 aliphatic heterocycles. The Morgan fingerprint density at radius 2 is 0.887 bits per heavy atom. The first kappa shape index (κ1) is 92.2. The monoisotopic (exact) mass is 1790 g/mol. The SMILES string of the molecule is CC1(c2ccc(-n3c(-c4cccnc4N)nc4ccc(-c5cccc(CCC(=O)O)c5)nc43)cc2)CCC1.NCCCCCCCCCc1cccc2c1C(=O)N(C1CCC(=O)NC1=O)C2=O.Nc1ncccc1-c1nc2ccc(-c3cccc(CCC(=O)NCCCCCCCCCc4cccc5c4C(=O)N(C4CCC(=O)NC4=O)C5=O)c3)nc2n1-c1ccc(C2(N)CCC2)cc1. The summed E-state index contributed by atoms with van der Waals surface area (Å²) < 4.78 is 4.08. The Bertz CT molecular complexity index is 6410. The fourth-order valence-corrected chi connectivity index (χ4v) is 18.9. The van der Waals surface area contributed by atoms with Crippen molar-refractivity contribution in [3.8, 4) is 56.7 Å². The highest BCUT2D eigenvalue weighted by Gasteiger charge is 2.48. The minimum Gasteiger partial charge on any atom is -0.481 e. The molecule has 9 amide bonds. The number of piperidine rings is 2. The Kier molecular flexibility index (Phi) is 28.8. The Labute approximate surface area is 772 Å². The third-order valence-electron chi connectivity index (χ3n) is 26.8. The Morgan fingerprint density at radius 3 is 1.32 bits per heavy atom. The van der Waals surface area contributed by atoms with Gasteiger partial charge in [0.25, 0.3) is 23.6 Å². The second-order valence-electron chi connectivity index (χ2n) is 36.0. The number of carbonyl (C=O) groups excluding carboxylic acids is 9. The van der Waals surface area contributed by atoms with Gasteiger partial charge in [-0.3, -0.25) is 77.5 Å². The predicted molar refractivity (Wildman–Crippen MR) is 509 cm³/mol. The fourth-order valence-electron chi connectivity index (χ4n) is 18.9. The van der Waals surface area contributed by atoms with Crippen molar-refractivity contribution in [3.05, 3.63) is 250 Å². The second kappa shape index (κ2) is 41.5. The zero-order valence-corrected chi connectivity index (χ0v) is 75.1. The average Bonchev–Trinajstić information content (AvgIpc) is 1.59. The number of hydrogen-bond donors (Lipinski definition) is 8. The molecule has 0 spiro atoms. The summed E-state index contributed by atoms with van der Waals surface area (Å²) in [4.78, 5) is 155. The van der Waals surface area contributed by atoms with E-state index in [1.807, 2.05) is 112 Å². The number of aliphatic carboxylic acids is 1. The lowest BCUT2D eigenvalue weighted by atomic mass is 9.66. The van der Waals surface area contributed by atoms with Gasteiger partial charge in [0.15, 0.2) is 22.9 Å². The summed E-state index contributed by atoms with van der Waals surface area (Å²) in [5.41, 5.74) is 42.1. The van der Waals surface area contributed by atoms with Crippen LogP contribution in [0.15, 0.2) is 194 Å². The van der Waals surface area contributed by atoms with Gasteiger partial charge in [-0.2, -0.15) is 0 Å². The van der Waals surface area contributed by atoms with Crippen molar-refractivity contribution in [2.24, 2.45) is 11.5 Å². The number of imide groups is 4. The van der Waals surface area contributed by atoms with E-state index >= 15 is 0 Å². The molecule has 2 saturated heterocycles. The van der Waals surface area contributed by atoms with E-state index in [4.69, 9.17) is 48.0 Å². The van der Waals surface area contributed by atoms with Gasteiger partial charge in [0, 0.05) is 72.7 Å². The van der Waals surface area contributed by atoms with Crippen LogP contribution in [-0.4, -0.2) is 138 Å². The number of anilines is 2. The molecular formula is C105H113N17O11. The molecule has 6 aromatic heterocycles. The van der Waals surface area contributed by atoms with Crippen molar-refractivity contribution in [2.75, 3.05) is 24.6 Å². The van der Waals surface area contributed by atoms with Crippen molar-refractivity contribution in [2.45, 2.75) is 223 Å². The molecule has 6 aromatic carbocycles. The number of hydrogen-bond acceptors (Lipinski definition) is 20. The van der Waals surface area contributed by atoms with Gasteiger partial charge in [-0.1, -0.05) is 162 Å². The standard InChI is InChI=1S/C52H55N9O5.C31H29N5O2.C22H29N3O4/c53-46-39(17-10-31-56-46)47-58-41-24-23-40(57-48(41)60(47)37-21-19-36(20-22-37)52(54)28-11-29-52)35-15-8-12-33(32-35)18-26-43(62)55-30-7-5-3-1-2-4-6-13-34-14-9-16-38-45(34)51(66)61(50(38)65)42-25-27-44(63)59-49(42)64;1-31(16-4-17-31)22-9-11-23(12-10-22)36-29(24-7-3-18-33-28(24)32)35-26-14-13-25(34-30(26)36)21-6-2-5-20(19-21)8-15-27(37)38;23-14-7-5-3-1-2-4-6-9-15-10-8-11-16-19(15)22(29)25(21(16)28)17-12-13-18(26)24-20(17)27/h8-10,12,14-17,19-24,31-32,42H,1-7,11,13,18,25-30,54H2,(H2,53,56)(H,55,62)(H,59,63,64);2-3,5-7,9-14,18-19H,4,8,15-17H2,1H3,(H2,32,33)(H,37,38);8,10-11,17H,1-7,9,12-14,23H2,(H,24,26,27). The summed E-state index contributed by atoms with van der Waals surface area (Å²) in [5.74, 6) is -2.37. The zero-order chi connectivity index (χ0) is 92.9.